The van der Waals surface area contributed by atoms with Gasteiger partial charge >= 0.3 is 5.97 Å². The largest absolute Gasteiger partial charge is 0.452 e. The van der Waals surface area contributed by atoms with Crippen LogP contribution in [0.15, 0.2) is 30.3 Å². The molecule has 0 heterocycles. The van der Waals surface area contributed by atoms with Gasteiger partial charge in [-0.2, -0.15) is 0 Å². The van der Waals surface area contributed by atoms with Crippen LogP contribution in [0.25, 0.3) is 0 Å². The van der Waals surface area contributed by atoms with E-state index in [1.165, 1.54) is 5.56 Å². The molecule has 1 aromatic rings. The van der Waals surface area contributed by atoms with Gasteiger partial charge in [-0.3, -0.25) is 9.59 Å². The van der Waals surface area contributed by atoms with Crippen molar-refractivity contribution in [3.8, 4) is 0 Å². The van der Waals surface area contributed by atoms with Crippen molar-refractivity contribution in [1.82, 2.24) is 5.32 Å². The summed E-state index contributed by atoms with van der Waals surface area (Å²) in [5.41, 5.74) is -0.0554. The number of carbonyl (C=O) groups is 2. The van der Waals surface area contributed by atoms with Gasteiger partial charge < -0.3 is 15.2 Å². The third-order valence-corrected chi connectivity index (χ3v) is 7.21. The van der Waals surface area contributed by atoms with Crippen molar-refractivity contribution in [2.75, 3.05) is 0 Å². The fraction of sp³-hybridized carbons (Fsp3) is 0.667. The molecule has 4 fully saturated rings. The second kappa shape index (κ2) is 7.75. The van der Waals surface area contributed by atoms with E-state index in [-0.39, 0.29) is 17.9 Å². The molecule has 0 aliphatic heterocycles. The molecule has 0 aromatic heterocycles. The van der Waals surface area contributed by atoms with Crippen LogP contribution in [0.5, 0.6) is 0 Å². The maximum Gasteiger partial charge on any atom is 0.312 e. The minimum absolute atomic E-state index is 0.00381. The number of aliphatic hydroxyl groups is 1. The summed E-state index contributed by atoms with van der Waals surface area (Å²) in [5, 5.41) is 13.8. The summed E-state index contributed by atoms with van der Waals surface area (Å²) >= 11 is 0. The first-order valence-electron chi connectivity index (χ1n) is 11.0. The molecule has 2 N–H and O–H groups in total. The molecule has 4 unspecified atom stereocenters. The summed E-state index contributed by atoms with van der Waals surface area (Å²) in [4.78, 5) is 25.6. The van der Waals surface area contributed by atoms with Crippen LogP contribution in [0.2, 0.25) is 0 Å². The van der Waals surface area contributed by atoms with Crippen LogP contribution in [0.3, 0.4) is 0 Å². The number of ether oxygens (including phenoxy) is 1. The zero-order valence-electron chi connectivity index (χ0n) is 17.5. The Labute approximate surface area is 173 Å². The highest BCUT2D eigenvalue weighted by atomic mass is 16.5. The number of amides is 1. The van der Waals surface area contributed by atoms with Gasteiger partial charge in [-0.05, 0) is 82.6 Å². The van der Waals surface area contributed by atoms with Crippen LogP contribution in [0.1, 0.15) is 64.4 Å². The Morgan fingerprint density at radius 1 is 1.14 bits per heavy atom. The summed E-state index contributed by atoms with van der Waals surface area (Å²) in [6.07, 6.45) is 5.74. The molecule has 4 bridgehead atoms. The van der Waals surface area contributed by atoms with Gasteiger partial charge in [0.25, 0.3) is 5.91 Å². The second-order valence-corrected chi connectivity index (χ2v) is 9.95. The Kier molecular flexibility index (Phi) is 5.45. The van der Waals surface area contributed by atoms with E-state index in [1.54, 1.807) is 6.92 Å². The van der Waals surface area contributed by atoms with E-state index >= 15 is 0 Å². The topological polar surface area (TPSA) is 75.6 Å². The third kappa shape index (κ3) is 4.35. The summed E-state index contributed by atoms with van der Waals surface area (Å²) in [7, 11) is 0. The lowest BCUT2D eigenvalue weighted by Gasteiger charge is -2.58. The fourth-order valence-electron chi connectivity index (χ4n) is 6.25. The number of carbonyl (C=O) groups excluding carboxylic acids is 2. The standard InChI is InChI=1S/C24H33NO4/c1-16(8-9-18-6-4-3-5-7-18)25-21(26)17(2)29-22(27)23-11-19-10-20(12-23)14-24(28,13-19)15-23/h3-7,16-17,19-20,28H,8-15H2,1-2H3,(H,25,26). The van der Waals surface area contributed by atoms with Gasteiger partial charge in [0.1, 0.15) is 0 Å². The number of hydrogen-bond donors (Lipinski definition) is 2. The van der Waals surface area contributed by atoms with E-state index in [1.807, 2.05) is 25.1 Å². The number of hydrogen-bond acceptors (Lipinski definition) is 4. The average molecular weight is 400 g/mol. The molecule has 5 rings (SSSR count). The number of esters is 1. The van der Waals surface area contributed by atoms with Gasteiger partial charge in [-0.15, -0.1) is 0 Å². The van der Waals surface area contributed by atoms with Crippen molar-refractivity contribution in [3.63, 3.8) is 0 Å². The van der Waals surface area contributed by atoms with E-state index in [0.717, 1.165) is 44.9 Å². The molecule has 1 aromatic carbocycles. The maximum absolute atomic E-state index is 13.0. The zero-order chi connectivity index (χ0) is 20.6. The molecule has 0 saturated heterocycles. The third-order valence-electron chi connectivity index (χ3n) is 7.21. The monoisotopic (exact) mass is 399 g/mol. The van der Waals surface area contributed by atoms with Gasteiger partial charge in [-0.25, -0.2) is 0 Å². The molecule has 4 aliphatic rings. The predicted molar refractivity (Wildman–Crippen MR) is 110 cm³/mol. The van der Waals surface area contributed by atoms with Crippen molar-refractivity contribution in [1.29, 1.82) is 0 Å². The van der Waals surface area contributed by atoms with Crippen LogP contribution in [-0.2, 0) is 20.7 Å². The summed E-state index contributed by atoms with van der Waals surface area (Å²) in [6, 6.07) is 10.2. The fourth-order valence-corrected chi connectivity index (χ4v) is 6.25. The molecule has 158 valence electrons. The molecule has 4 saturated carbocycles. The molecule has 0 radical (unpaired) electrons. The number of rotatable bonds is 7. The predicted octanol–water partition coefficient (Wildman–Crippen LogP) is 3.39. The summed E-state index contributed by atoms with van der Waals surface area (Å²) in [5.74, 6) is 0.291. The molecular formula is C24H33NO4. The van der Waals surface area contributed by atoms with E-state index in [2.05, 4.69) is 17.4 Å². The van der Waals surface area contributed by atoms with Gasteiger partial charge in [0.15, 0.2) is 6.10 Å². The molecule has 1 amide bonds. The molecule has 4 atom stereocenters. The molecule has 5 nitrogen and oxygen atoms in total. The number of aryl methyl sites for hydroxylation is 1. The first kappa shape index (κ1) is 20.4. The molecule has 5 heteroatoms. The number of nitrogens with one attached hydrogen (secondary N) is 1. The molecular weight excluding hydrogens is 366 g/mol. The molecule has 29 heavy (non-hydrogen) atoms. The van der Waals surface area contributed by atoms with E-state index in [4.69, 9.17) is 4.74 Å². The average Bonchev–Trinajstić information content (AvgIpc) is 2.65. The molecule has 0 spiro atoms. The van der Waals surface area contributed by atoms with Crippen LogP contribution >= 0.6 is 0 Å². The van der Waals surface area contributed by atoms with Crippen LogP contribution in [0, 0.1) is 17.3 Å². The lowest BCUT2D eigenvalue weighted by molar-refractivity contribution is -0.200. The minimum atomic E-state index is -0.815. The smallest absolute Gasteiger partial charge is 0.312 e. The summed E-state index contributed by atoms with van der Waals surface area (Å²) < 4.78 is 5.64. The Balaban J connectivity index is 1.29. The lowest BCUT2D eigenvalue weighted by atomic mass is 9.48. The van der Waals surface area contributed by atoms with Gasteiger partial charge in [-0.1, -0.05) is 30.3 Å². The minimum Gasteiger partial charge on any atom is -0.452 e. The van der Waals surface area contributed by atoms with Crippen molar-refractivity contribution in [2.24, 2.45) is 17.3 Å². The lowest BCUT2D eigenvalue weighted by Crippen LogP contribution is -2.59. The van der Waals surface area contributed by atoms with E-state index < -0.39 is 17.1 Å². The van der Waals surface area contributed by atoms with Crippen LogP contribution in [-0.4, -0.2) is 34.7 Å². The normalized spacial score (nSPS) is 34.4. The van der Waals surface area contributed by atoms with Gasteiger partial charge in [0.05, 0.1) is 11.0 Å². The first-order valence-corrected chi connectivity index (χ1v) is 11.0. The Bertz CT molecular complexity index is 747. The van der Waals surface area contributed by atoms with Gasteiger partial charge in [0, 0.05) is 6.04 Å². The highest BCUT2D eigenvalue weighted by Gasteiger charge is 2.61. The Hall–Kier alpha value is -1.88. The first-order chi connectivity index (χ1) is 13.8. The zero-order valence-corrected chi connectivity index (χ0v) is 17.5. The molecule has 4 aliphatic carbocycles. The quantitative estimate of drug-likeness (QED) is 0.689. The Morgan fingerprint density at radius 3 is 2.41 bits per heavy atom. The van der Waals surface area contributed by atoms with E-state index in [0.29, 0.717) is 18.3 Å². The summed E-state index contributed by atoms with van der Waals surface area (Å²) in [6.45, 7) is 3.62. The highest BCUT2D eigenvalue weighted by molar-refractivity contribution is 5.85. The van der Waals surface area contributed by atoms with Crippen molar-refractivity contribution in [2.45, 2.75) is 83.0 Å². The Morgan fingerprint density at radius 2 is 1.79 bits per heavy atom. The van der Waals surface area contributed by atoms with Crippen molar-refractivity contribution >= 4 is 11.9 Å². The highest BCUT2D eigenvalue weighted by Crippen LogP contribution is 2.62. The number of benzene rings is 1. The van der Waals surface area contributed by atoms with E-state index in [9.17, 15) is 14.7 Å². The SMILES string of the molecule is CC(CCc1ccccc1)NC(=O)C(C)OC(=O)C12CC3CC(CC(O)(C3)C1)C2. The van der Waals surface area contributed by atoms with Crippen molar-refractivity contribution in [3.05, 3.63) is 35.9 Å². The van der Waals surface area contributed by atoms with Crippen LogP contribution in [0.4, 0.5) is 0 Å². The van der Waals surface area contributed by atoms with Crippen LogP contribution < -0.4 is 5.32 Å². The maximum atomic E-state index is 13.0. The van der Waals surface area contributed by atoms with Crippen molar-refractivity contribution < 1.29 is 19.4 Å². The van der Waals surface area contributed by atoms with Gasteiger partial charge in [0.2, 0.25) is 0 Å². The second-order valence-electron chi connectivity index (χ2n) is 9.95.